The Morgan fingerprint density at radius 3 is 2.43 bits per heavy atom. The molecule has 5 nitrogen and oxygen atoms in total. The van der Waals surface area contributed by atoms with E-state index in [1.54, 1.807) is 0 Å². The van der Waals surface area contributed by atoms with Crippen molar-refractivity contribution < 1.29 is 9.00 Å². The Kier molecular flexibility index (Phi) is 7.26. The van der Waals surface area contributed by atoms with Gasteiger partial charge in [0.25, 0.3) is 0 Å². The highest BCUT2D eigenvalue weighted by Gasteiger charge is 2.17. The summed E-state index contributed by atoms with van der Waals surface area (Å²) in [5, 5.41) is 8.04. The standard InChI is InChI=1S/C23H29N3O2S2/c1-23(2,3)21(29)15-20(16-26-10-12-30(28)13-11-26)25-22(27)24-19-9-8-17-6-4-5-7-18(17)14-19/h4-9,14-16,29H,10-13H2,1-3H3,(H2,24,25,27)/b20-16-,21-15-. The zero-order valence-electron chi connectivity index (χ0n) is 17.6. The molecule has 3 rings (SSSR count). The summed E-state index contributed by atoms with van der Waals surface area (Å²) in [7, 11) is -0.751. The van der Waals surface area contributed by atoms with Crippen LogP contribution in [0.15, 0.2) is 65.3 Å². The van der Waals surface area contributed by atoms with Gasteiger partial charge < -0.3 is 15.5 Å². The first-order valence-corrected chi connectivity index (χ1v) is 11.9. The van der Waals surface area contributed by atoms with Crippen LogP contribution in [0.5, 0.6) is 0 Å². The van der Waals surface area contributed by atoms with E-state index in [-0.39, 0.29) is 11.4 Å². The highest BCUT2D eigenvalue weighted by atomic mass is 32.2. The van der Waals surface area contributed by atoms with Gasteiger partial charge >= 0.3 is 6.03 Å². The minimum Gasteiger partial charge on any atom is -0.374 e. The van der Waals surface area contributed by atoms with Crippen LogP contribution >= 0.6 is 12.6 Å². The van der Waals surface area contributed by atoms with Crippen LogP contribution < -0.4 is 10.6 Å². The van der Waals surface area contributed by atoms with Crippen molar-refractivity contribution in [3.63, 3.8) is 0 Å². The molecule has 0 saturated carbocycles. The third-order valence-corrected chi connectivity index (χ3v) is 6.94. The van der Waals surface area contributed by atoms with Gasteiger partial charge in [-0.1, -0.05) is 51.1 Å². The summed E-state index contributed by atoms with van der Waals surface area (Å²) < 4.78 is 11.6. The van der Waals surface area contributed by atoms with Crippen LogP contribution in [-0.2, 0) is 10.8 Å². The number of nitrogens with zero attached hydrogens (tertiary/aromatic N) is 1. The average molecular weight is 444 g/mol. The van der Waals surface area contributed by atoms with Gasteiger partial charge in [-0.2, -0.15) is 0 Å². The molecule has 2 N–H and O–H groups in total. The van der Waals surface area contributed by atoms with E-state index < -0.39 is 10.8 Å². The molecule has 1 heterocycles. The SMILES string of the molecule is CC(C)(C)/C(S)=C/C(=C/N1CCS(=O)CC1)NC(=O)Nc1ccc2ccccc2c1. The summed E-state index contributed by atoms with van der Waals surface area (Å²) in [5.41, 5.74) is 1.24. The molecule has 0 aromatic heterocycles. The van der Waals surface area contributed by atoms with Gasteiger partial charge in [-0.3, -0.25) is 4.21 Å². The van der Waals surface area contributed by atoms with E-state index in [0.29, 0.717) is 30.3 Å². The number of fused-ring (bicyclic) bond motifs is 1. The van der Waals surface area contributed by atoms with E-state index in [2.05, 4.69) is 48.9 Å². The zero-order valence-corrected chi connectivity index (χ0v) is 19.4. The lowest BCUT2D eigenvalue weighted by molar-refractivity contribution is 0.254. The molecule has 2 amide bonds. The van der Waals surface area contributed by atoms with Gasteiger partial charge in [0.15, 0.2) is 0 Å². The van der Waals surface area contributed by atoms with Crippen LogP contribution in [0.1, 0.15) is 20.8 Å². The van der Waals surface area contributed by atoms with Crippen LogP contribution in [0.2, 0.25) is 0 Å². The third kappa shape index (κ3) is 6.37. The fourth-order valence-corrected chi connectivity index (χ4v) is 4.23. The predicted octanol–water partition coefficient (Wildman–Crippen LogP) is 4.73. The zero-order chi connectivity index (χ0) is 21.7. The number of carbonyl (C=O) groups excluding carboxylic acids is 1. The van der Waals surface area contributed by atoms with Gasteiger partial charge in [0.05, 0.1) is 5.70 Å². The first-order valence-electron chi connectivity index (χ1n) is 9.99. The highest BCUT2D eigenvalue weighted by Crippen LogP contribution is 2.29. The maximum Gasteiger partial charge on any atom is 0.323 e. The lowest BCUT2D eigenvalue weighted by Crippen LogP contribution is -2.36. The van der Waals surface area contributed by atoms with Crippen molar-refractivity contribution in [1.29, 1.82) is 0 Å². The van der Waals surface area contributed by atoms with Crippen LogP contribution in [0.4, 0.5) is 10.5 Å². The quantitative estimate of drug-likeness (QED) is 0.473. The number of carbonyl (C=O) groups is 1. The normalized spacial score (nSPS) is 16.6. The lowest BCUT2D eigenvalue weighted by Gasteiger charge is -2.26. The molecular formula is C23H29N3O2S2. The molecule has 1 aliphatic heterocycles. The second-order valence-electron chi connectivity index (χ2n) is 8.39. The molecule has 1 fully saturated rings. The summed E-state index contributed by atoms with van der Waals surface area (Å²) in [6.07, 6.45) is 3.80. The lowest BCUT2D eigenvalue weighted by atomic mass is 9.95. The Labute approximate surface area is 186 Å². The Morgan fingerprint density at radius 2 is 1.77 bits per heavy atom. The number of amides is 2. The van der Waals surface area contributed by atoms with Gasteiger partial charge in [0, 0.05) is 47.3 Å². The molecule has 1 saturated heterocycles. The van der Waals surface area contributed by atoms with Gasteiger partial charge in [-0.25, -0.2) is 4.79 Å². The van der Waals surface area contributed by atoms with Crippen molar-refractivity contribution in [3.8, 4) is 0 Å². The van der Waals surface area contributed by atoms with E-state index >= 15 is 0 Å². The van der Waals surface area contributed by atoms with E-state index in [9.17, 15) is 9.00 Å². The minimum absolute atomic E-state index is 0.137. The predicted molar refractivity (Wildman–Crippen MR) is 130 cm³/mol. The smallest absolute Gasteiger partial charge is 0.323 e. The number of hydrogen-bond acceptors (Lipinski definition) is 4. The summed E-state index contributed by atoms with van der Waals surface area (Å²) in [4.78, 5) is 15.7. The monoisotopic (exact) mass is 443 g/mol. The largest absolute Gasteiger partial charge is 0.374 e. The number of allylic oxidation sites excluding steroid dienone is 2. The minimum atomic E-state index is -0.751. The molecule has 7 heteroatoms. The molecular weight excluding hydrogens is 414 g/mol. The summed E-state index contributed by atoms with van der Waals surface area (Å²) in [6.45, 7) is 7.62. The number of benzene rings is 2. The van der Waals surface area contributed by atoms with Crippen molar-refractivity contribution in [2.45, 2.75) is 20.8 Å². The number of hydrogen-bond donors (Lipinski definition) is 3. The molecule has 0 unspecified atom stereocenters. The maximum absolute atomic E-state index is 12.7. The summed E-state index contributed by atoms with van der Waals surface area (Å²) in [6, 6.07) is 13.5. The fourth-order valence-electron chi connectivity index (χ4n) is 3.01. The molecule has 30 heavy (non-hydrogen) atoms. The van der Waals surface area contributed by atoms with E-state index in [0.717, 1.165) is 21.4 Å². The van der Waals surface area contributed by atoms with E-state index in [4.69, 9.17) is 0 Å². The third-order valence-electron chi connectivity index (χ3n) is 4.86. The Morgan fingerprint density at radius 1 is 1.10 bits per heavy atom. The van der Waals surface area contributed by atoms with Crippen molar-refractivity contribution >= 4 is 45.9 Å². The molecule has 2 aromatic carbocycles. The van der Waals surface area contributed by atoms with E-state index in [1.165, 1.54) is 0 Å². The van der Waals surface area contributed by atoms with Crippen LogP contribution in [-0.4, -0.2) is 39.7 Å². The fraction of sp³-hybridized carbons (Fsp3) is 0.348. The second-order valence-corrected chi connectivity index (χ2v) is 10.6. The number of thiol groups is 1. The van der Waals surface area contributed by atoms with Crippen molar-refractivity contribution in [2.75, 3.05) is 29.9 Å². The van der Waals surface area contributed by atoms with Gasteiger partial charge in [-0.05, 0) is 39.3 Å². The van der Waals surface area contributed by atoms with Crippen LogP contribution in [0, 0.1) is 5.41 Å². The number of urea groups is 1. The number of anilines is 1. The van der Waals surface area contributed by atoms with Crippen LogP contribution in [0.3, 0.4) is 0 Å². The molecule has 0 atom stereocenters. The Bertz CT molecular complexity index is 999. The highest BCUT2D eigenvalue weighted by molar-refractivity contribution is 7.85. The molecule has 1 aliphatic rings. The van der Waals surface area contributed by atoms with Crippen LogP contribution in [0.25, 0.3) is 10.8 Å². The molecule has 2 aromatic rings. The Balaban J connectivity index is 1.76. The van der Waals surface area contributed by atoms with E-state index in [1.807, 2.05) is 54.7 Å². The van der Waals surface area contributed by atoms with Gasteiger partial charge in [-0.15, -0.1) is 12.6 Å². The summed E-state index contributed by atoms with van der Waals surface area (Å²) >= 11 is 4.63. The second kappa shape index (κ2) is 9.71. The average Bonchev–Trinajstić information content (AvgIpc) is 2.68. The molecule has 0 spiro atoms. The van der Waals surface area contributed by atoms with Gasteiger partial charge in [0.2, 0.25) is 0 Å². The van der Waals surface area contributed by atoms with Crippen molar-refractivity contribution in [1.82, 2.24) is 10.2 Å². The topological polar surface area (TPSA) is 61.4 Å². The molecule has 0 bridgehead atoms. The summed E-state index contributed by atoms with van der Waals surface area (Å²) in [5.74, 6) is 1.29. The first kappa shape index (κ1) is 22.4. The molecule has 0 aliphatic carbocycles. The molecule has 0 radical (unpaired) electrons. The first-order chi connectivity index (χ1) is 14.2. The maximum atomic E-state index is 12.7. The van der Waals surface area contributed by atoms with Crippen molar-refractivity contribution in [3.05, 3.63) is 65.3 Å². The Hall–Kier alpha value is -2.25. The van der Waals surface area contributed by atoms with Crippen molar-refractivity contribution in [2.24, 2.45) is 5.41 Å². The van der Waals surface area contributed by atoms with Gasteiger partial charge in [0.1, 0.15) is 0 Å². The molecule has 160 valence electrons. The number of nitrogens with one attached hydrogen (secondary N) is 2. The number of rotatable bonds is 4.